The lowest BCUT2D eigenvalue weighted by Gasteiger charge is -2.15. The summed E-state index contributed by atoms with van der Waals surface area (Å²) in [6.07, 6.45) is 3.80. The van der Waals surface area contributed by atoms with Gasteiger partial charge in [0.25, 0.3) is 0 Å². The van der Waals surface area contributed by atoms with E-state index in [2.05, 4.69) is 6.07 Å². The Hall–Kier alpha value is -1.67. The Kier molecular flexibility index (Phi) is 3.78. The molecule has 2 rings (SSSR count). The molecule has 1 unspecified atom stereocenters. The van der Waals surface area contributed by atoms with Gasteiger partial charge >= 0.3 is 0 Å². The summed E-state index contributed by atoms with van der Waals surface area (Å²) in [5.41, 5.74) is 0.945. The van der Waals surface area contributed by atoms with Crippen molar-refractivity contribution in [2.24, 2.45) is 7.05 Å². The van der Waals surface area contributed by atoms with Crippen LogP contribution in [0.2, 0.25) is 0 Å². The van der Waals surface area contributed by atoms with E-state index in [-0.39, 0.29) is 11.8 Å². The Morgan fingerprint density at radius 2 is 2.44 bits per heavy atom. The number of hydrogen-bond acceptors (Lipinski definition) is 3. The average molecular weight is 261 g/mol. The first-order chi connectivity index (χ1) is 8.67. The summed E-state index contributed by atoms with van der Waals surface area (Å²) in [7, 11) is 1.92. The van der Waals surface area contributed by atoms with E-state index in [0.717, 1.165) is 10.7 Å². The van der Waals surface area contributed by atoms with Gasteiger partial charge in [0.15, 0.2) is 0 Å². The molecular formula is C13H15N3OS. The van der Waals surface area contributed by atoms with Crippen LogP contribution in [0, 0.1) is 11.3 Å². The van der Waals surface area contributed by atoms with Crippen molar-refractivity contribution in [1.82, 2.24) is 9.47 Å². The summed E-state index contributed by atoms with van der Waals surface area (Å²) in [6, 6.07) is 6.14. The Bertz CT molecular complexity index is 527. The van der Waals surface area contributed by atoms with Gasteiger partial charge in [-0.2, -0.15) is 5.26 Å². The number of thioether (sulfide) groups is 1. The van der Waals surface area contributed by atoms with E-state index >= 15 is 0 Å². The Morgan fingerprint density at radius 3 is 3.00 bits per heavy atom. The molecule has 1 amide bonds. The van der Waals surface area contributed by atoms with Crippen LogP contribution in [0.4, 0.5) is 0 Å². The molecule has 0 aliphatic carbocycles. The maximum absolute atomic E-state index is 11.6. The third-order valence-electron chi connectivity index (χ3n) is 2.98. The van der Waals surface area contributed by atoms with Crippen LogP contribution in [0.3, 0.4) is 0 Å². The maximum atomic E-state index is 11.6. The van der Waals surface area contributed by atoms with E-state index < -0.39 is 0 Å². The molecule has 94 valence electrons. The van der Waals surface area contributed by atoms with Crippen LogP contribution in [0.15, 0.2) is 29.4 Å². The standard InChI is InChI=1S/C13H15N3OS/c1-3-16-12(17)9-18-13(16)7-10(8-14)11-5-4-6-15(11)2/h4-7,10H,3,9H2,1-2H3. The van der Waals surface area contributed by atoms with Crippen LogP contribution >= 0.6 is 11.8 Å². The van der Waals surface area contributed by atoms with E-state index in [4.69, 9.17) is 0 Å². The van der Waals surface area contributed by atoms with Crippen LogP contribution in [0.25, 0.3) is 0 Å². The van der Waals surface area contributed by atoms with Gasteiger partial charge in [0, 0.05) is 25.5 Å². The van der Waals surface area contributed by atoms with Crippen molar-refractivity contribution in [2.45, 2.75) is 12.8 Å². The fourth-order valence-electron chi connectivity index (χ4n) is 2.01. The zero-order chi connectivity index (χ0) is 13.1. The van der Waals surface area contributed by atoms with Gasteiger partial charge in [0.05, 0.1) is 16.9 Å². The van der Waals surface area contributed by atoms with Crippen LogP contribution in [0.5, 0.6) is 0 Å². The molecule has 1 aromatic rings. The molecule has 1 saturated heterocycles. The molecule has 1 atom stereocenters. The van der Waals surface area contributed by atoms with Gasteiger partial charge in [-0.05, 0) is 25.1 Å². The summed E-state index contributed by atoms with van der Waals surface area (Å²) in [6.45, 7) is 2.60. The summed E-state index contributed by atoms with van der Waals surface area (Å²) < 4.78 is 1.93. The zero-order valence-electron chi connectivity index (χ0n) is 10.5. The van der Waals surface area contributed by atoms with E-state index in [9.17, 15) is 10.1 Å². The highest BCUT2D eigenvalue weighted by molar-refractivity contribution is 8.04. The molecule has 0 radical (unpaired) electrons. The predicted octanol–water partition coefficient (Wildman–Crippen LogP) is 2.07. The Balaban J connectivity index is 2.29. The molecule has 0 bridgehead atoms. The van der Waals surface area contributed by atoms with Crippen molar-refractivity contribution in [3.63, 3.8) is 0 Å². The van der Waals surface area contributed by atoms with Crippen LogP contribution in [0.1, 0.15) is 18.5 Å². The lowest BCUT2D eigenvalue weighted by Crippen LogP contribution is -2.24. The van der Waals surface area contributed by atoms with Crippen molar-refractivity contribution in [3.8, 4) is 6.07 Å². The molecule has 2 heterocycles. The first-order valence-electron chi connectivity index (χ1n) is 5.83. The molecule has 18 heavy (non-hydrogen) atoms. The molecule has 1 aliphatic heterocycles. The number of allylic oxidation sites excluding steroid dienone is 1. The highest BCUT2D eigenvalue weighted by atomic mass is 32.2. The maximum Gasteiger partial charge on any atom is 0.237 e. The topological polar surface area (TPSA) is 49.0 Å². The van der Waals surface area contributed by atoms with Gasteiger partial charge in [-0.3, -0.25) is 4.79 Å². The van der Waals surface area contributed by atoms with Gasteiger partial charge in [-0.15, -0.1) is 0 Å². The average Bonchev–Trinajstić information content (AvgIpc) is 2.93. The van der Waals surface area contributed by atoms with Crippen molar-refractivity contribution in [3.05, 3.63) is 35.1 Å². The number of nitrogens with zero attached hydrogens (tertiary/aromatic N) is 3. The van der Waals surface area contributed by atoms with Gasteiger partial charge < -0.3 is 9.47 Å². The number of amides is 1. The Morgan fingerprint density at radius 1 is 1.67 bits per heavy atom. The predicted molar refractivity (Wildman–Crippen MR) is 71.7 cm³/mol. The largest absolute Gasteiger partial charge is 0.353 e. The number of rotatable bonds is 3. The van der Waals surface area contributed by atoms with Crippen molar-refractivity contribution < 1.29 is 4.79 Å². The van der Waals surface area contributed by atoms with Crippen molar-refractivity contribution in [1.29, 1.82) is 5.26 Å². The second-order valence-electron chi connectivity index (χ2n) is 4.08. The number of hydrogen-bond donors (Lipinski definition) is 0. The van der Waals surface area contributed by atoms with Crippen LogP contribution < -0.4 is 0 Å². The molecule has 1 aromatic heterocycles. The fraction of sp³-hybridized carbons (Fsp3) is 0.385. The minimum atomic E-state index is -0.313. The van der Waals surface area contributed by atoms with Crippen LogP contribution in [-0.2, 0) is 11.8 Å². The van der Waals surface area contributed by atoms with Gasteiger partial charge in [0.1, 0.15) is 5.92 Å². The van der Waals surface area contributed by atoms with Gasteiger partial charge in [0.2, 0.25) is 5.91 Å². The molecule has 0 saturated carbocycles. The summed E-state index contributed by atoms with van der Waals surface area (Å²) in [5.74, 6) is 0.287. The molecule has 0 spiro atoms. The van der Waals surface area contributed by atoms with E-state index in [0.29, 0.717) is 12.3 Å². The number of aromatic nitrogens is 1. The van der Waals surface area contributed by atoms with Crippen LogP contribution in [-0.4, -0.2) is 27.7 Å². The minimum absolute atomic E-state index is 0.123. The second-order valence-corrected chi connectivity index (χ2v) is 5.08. The van der Waals surface area contributed by atoms with Crippen molar-refractivity contribution in [2.75, 3.05) is 12.3 Å². The summed E-state index contributed by atoms with van der Waals surface area (Å²) in [5, 5.41) is 10.2. The number of carbonyl (C=O) groups excluding carboxylic acids is 1. The van der Waals surface area contributed by atoms with Gasteiger partial charge in [-0.1, -0.05) is 11.8 Å². The molecular weight excluding hydrogens is 246 g/mol. The lowest BCUT2D eigenvalue weighted by molar-refractivity contribution is -0.125. The van der Waals surface area contributed by atoms with E-state index in [1.165, 1.54) is 11.8 Å². The van der Waals surface area contributed by atoms with Gasteiger partial charge in [-0.25, -0.2) is 0 Å². The first kappa shape index (κ1) is 12.8. The monoisotopic (exact) mass is 261 g/mol. The third-order valence-corrected chi connectivity index (χ3v) is 4.02. The minimum Gasteiger partial charge on any atom is -0.353 e. The zero-order valence-corrected chi connectivity index (χ0v) is 11.3. The van der Waals surface area contributed by atoms with E-state index in [1.807, 2.05) is 42.9 Å². The lowest BCUT2D eigenvalue weighted by atomic mass is 10.1. The summed E-state index contributed by atoms with van der Waals surface area (Å²) in [4.78, 5) is 13.3. The highest BCUT2D eigenvalue weighted by Gasteiger charge is 2.26. The quantitative estimate of drug-likeness (QED) is 0.837. The second kappa shape index (κ2) is 5.32. The number of carbonyl (C=O) groups is 1. The van der Waals surface area contributed by atoms with E-state index in [1.54, 1.807) is 4.90 Å². The summed E-state index contributed by atoms with van der Waals surface area (Å²) >= 11 is 1.51. The molecule has 0 aromatic carbocycles. The highest BCUT2D eigenvalue weighted by Crippen LogP contribution is 2.31. The third kappa shape index (κ3) is 2.29. The SMILES string of the molecule is CCN1C(=O)CSC1=CC(C#N)c1cccn1C. The fourth-order valence-corrected chi connectivity index (χ4v) is 3.06. The smallest absolute Gasteiger partial charge is 0.237 e. The molecule has 1 aliphatic rings. The van der Waals surface area contributed by atoms with Crippen molar-refractivity contribution >= 4 is 17.7 Å². The molecule has 0 N–H and O–H groups in total. The number of aryl methyl sites for hydroxylation is 1. The Labute approximate surface area is 111 Å². The first-order valence-corrected chi connectivity index (χ1v) is 6.81. The normalized spacial score (nSPS) is 19.3. The number of nitriles is 1. The molecule has 4 nitrogen and oxygen atoms in total. The molecule has 1 fully saturated rings. The molecule has 5 heteroatoms.